The molecule has 3 rings (SSSR count). The fourth-order valence-electron chi connectivity index (χ4n) is 2.10. The second kappa shape index (κ2) is 5.52. The van der Waals surface area contributed by atoms with Gasteiger partial charge in [-0.1, -0.05) is 0 Å². The number of nitrogens with zero attached hydrogens (tertiary/aromatic N) is 3. The molecule has 1 saturated heterocycles. The van der Waals surface area contributed by atoms with Crippen molar-refractivity contribution in [1.82, 2.24) is 14.3 Å². The van der Waals surface area contributed by atoms with Crippen molar-refractivity contribution in [2.24, 2.45) is 0 Å². The quantitative estimate of drug-likeness (QED) is 0.494. The van der Waals surface area contributed by atoms with E-state index < -0.39 is 24.4 Å². The zero-order valence-electron chi connectivity index (χ0n) is 10.2. The van der Waals surface area contributed by atoms with Crippen molar-refractivity contribution >= 4 is 28.4 Å². The largest absolute Gasteiger partial charge is 0.412 e. The number of fused-ring (bicyclic) bond motifs is 1. The molecule has 1 aliphatic rings. The highest BCUT2D eigenvalue weighted by molar-refractivity contribution is 7.07. The third-order valence-electron chi connectivity index (χ3n) is 3.12. The smallest absolute Gasteiger partial charge is 0.154 e. The number of rotatable bonds is 2. The first-order valence-electron chi connectivity index (χ1n) is 5.61. The number of aliphatic hydroxyl groups is 3. The Hall–Kier alpha value is -1.43. The number of nitrogens with two attached hydrogens (primary N) is 1. The summed E-state index contributed by atoms with van der Waals surface area (Å²) in [5.74, 6) is 0.249. The van der Waals surface area contributed by atoms with Crippen molar-refractivity contribution in [3.05, 3.63) is 11.2 Å². The first kappa shape index (κ1) is 15.0. The zero-order valence-corrected chi connectivity index (χ0v) is 11.0. The predicted molar refractivity (Wildman–Crippen MR) is 69.9 cm³/mol. The Morgan fingerprint density at radius 2 is 2.00 bits per heavy atom. The lowest BCUT2D eigenvalue weighted by atomic mass is 10.1. The Morgan fingerprint density at radius 1 is 1.25 bits per heavy atom. The minimum absolute atomic E-state index is 0. The van der Waals surface area contributed by atoms with E-state index in [-0.39, 0.29) is 17.9 Å². The summed E-state index contributed by atoms with van der Waals surface area (Å²) >= 11 is 1.08. The summed E-state index contributed by atoms with van der Waals surface area (Å²) in [6.45, 7) is -0.372. The van der Waals surface area contributed by atoms with Gasteiger partial charge in [0.1, 0.15) is 41.8 Å². The van der Waals surface area contributed by atoms with E-state index in [0.29, 0.717) is 15.9 Å². The summed E-state index contributed by atoms with van der Waals surface area (Å²) in [5, 5.41) is 28.8. The van der Waals surface area contributed by atoms with Crippen LogP contribution < -0.4 is 5.73 Å². The van der Waals surface area contributed by atoms with Crippen LogP contribution in [0.25, 0.3) is 11.0 Å². The highest BCUT2D eigenvalue weighted by Crippen LogP contribution is 2.39. The molecule has 0 radical (unpaired) electrons. The lowest BCUT2D eigenvalue weighted by Gasteiger charge is -2.12. The number of ether oxygens (including phenoxy) is 1. The van der Waals surface area contributed by atoms with E-state index in [1.807, 2.05) is 0 Å². The number of hydrogen-bond acceptors (Lipinski definition) is 9. The Bertz CT molecular complexity index is 608. The van der Waals surface area contributed by atoms with Crippen LogP contribution in [-0.4, -0.2) is 60.1 Å². The lowest BCUT2D eigenvalue weighted by molar-refractivity contribution is -0.0215. The first-order valence-corrected chi connectivity index (χ1v) is 6.39. The maximum Gasteiger partial charge on any atom is 0.154 e. The Kier molecular flexibility index (Phi) is 4.13. The SMILES string of the molecule is Nc1ncnc2c([C@@H]3O[C@H](CO)[C@@H](O)[C@H]3O)snc12.O. The minimum atomic E-state index is -1.15. The van der Waals surface area contributed by atoms with Gasteiger partial charge in [-0.2, -0.15) is 4.37 Å². The van der Waals surface area contributed by atoms with Crippen LogP contribution in [-0.2, 0) is 4.74 Å². The number of aromatic nitrogens is 3. The third-order valence-corrected chi connectivity index (χ3v) is 4.02. The molecule has 4 atom stereocenters. The Morgan fingerprint density at radius 3 is 2.65 bits per heavy atom. The fourth-order valence-corrected chi connectivity index (χ4v) is 3.01. The summed E-state index contributed by atoms with van der Waals surface area (Å²) in [6, 6.07) is 0. The van der Waals surface area contributed by atoms with Crippen molar-refractivity contribution in [2.75, 3.05) is 12.3 Å². The second-order valence-electron chi connectivity index (χ2n) is 4.26. The molecule has 3 heterocycles. The van der Waals surface area contributed by atoms with Gasteiger partial charge in [-0.05, 0) is 11.5 Å². The van der Waals surface area contributed by atoms with Crippen LogP contribution in [0, 0.1) is 0 Å². The molecule has 2 aromatic rings. The van der Waals surface area contributed by atoms with E-state index >= 15 is 0 Å². The van der Waals surface area contributed by atoms with Crippen LogP contribution >= 0.6 is 11.5 Å². The van der Waals surface area contributed by atoms with Gasteiger partial charge in [0, 0.05) is 0 Å². The Balaban J connectivity index is 0.00000147. The van der Waals surface area contributed by atoms with Crippen LogP contribution in [0.2, 0.25) is 0 Å². The van der Waals surface area contributed by atoms with Crippen molar-refractivity contribution in [2.45, 2.75) is 24.4 Å². The molecule has 0 unspecified atom stereocenters. The highest BCUT2D eigenvalue weighted by atomic mass is 32.1. The average molecular weight is 302 g/mol. The van der Waals surface area contributed by atoms with Crippen molar-refractivity contribution in [1.29, 1.82) is 0 Å². The van der Waals surface area contributed by atoms with Gasteiger partial charge < -0.3 is 31.3 Å². The molecule has 10 heteroatoms. The molecule has 0 spiro atoms. The molecule has 1 fully saturated rings. The van der Waals surface area contributed by atoms with E-state index in [4.69, 9.17) is 15.6 Å². The fraction of sp³-hybridized carbons (Fsp3) is 0.500. The molecule has 20 heavy (non-hydrogen) atoms. The molecule has 0 bridgehead atoms. The van der Waals surface area contributed by atoms with Gasteiger partial charge in [-0.25, -0.2) is 9.97 Å². The van der Waals surface area contributed by atoms with Crippen LogP contribution in [0.15, 0.2) is 6.33 Å². The van der Waals surface area contributed by atoms with Gasteiger partial charge in [0.25, 0.3) is 0 Å². The third kappa shape index (κ3) is 2.12. The van der Waals surface area contributed by atoms with Crippen molar-refractivity contribution < 1.29 is 25.5 Å². The van der Waals surface area contributed by atoms with Gasteiger partial charge >= 0.3 is 0 Å². The van der Waals surface area contributed by atoms with Gasteiger partial charge in [0.15, 0.2) is 5.82 Å². The molecule has 0 aliphatic carbocycles. The number of aliphatic hydroxyl groups excluding tert-OH is 3. The summed E-state index contributed by atoms with van der Waals surface area (Å²) in [7, 11) is 0. The van der Waals surface area contributed by atoms with Crippen LogP contribution in [0.1, 0.15) is 11.0 Å². The van der Waals surface area contributed by atoms with Crippen molar-refractivity contribution in [3.8, 4) is 0 Å². The molecule has 2 aromatic heterocycles. The summed E-state index contributed by atoms with van der Waals surface area (Å²) in [4.78, 5) is 8.47. The summed E-state index contributed by atoms with van der Waals surface area (Å²) < 4.78 is 9.58. The molecule has 0 saturated carbocycles. The second-order valence-corrected chi connectivity index (χ2v) is 5.07. The van der Waals surface area contributed by atoms with Crippen LogP contribution in [0.4, 0.5) is 5.82 Å². The maximum absolute atomic E-state index is 9.98. The van der Waals surface area contributed by atoms with E-state index in [9.17, 15) is 10.2 Å². The van der Waals surface area contributed by atoms with Crippen LogP contribution in [0.3, 0.4) is 0 Å². The molecule has 110 valence electrons. The van der Waals surface area contributed by atoms with Gasteiger partial charge in [0.2, 0.25) is 0 Å². The highest BCUT2D eigenvalue weighted by Gasteiger charge is 2.44. The number of nitrogen functional groups attached to an aromatic ring is 1. The monoisotopic (exact) mass is 302 g/mol. The normalized spacial score (nSPS) is 29.6. The molecule has 1 aliphatic heterocycles. The Labute approximate surface area is 117 Å². The lowest BCUT2D eigenvalue weighted by Crippen LogP contribution is -2.32. The zero-order chi connectivity index (χ0) is 13.6. The molecule has 9 nitrogen and oxygen atoms in total. The van der Waals surface area contributed by atoms with E-state index in [1.165, 1.54) is 6.33 Å². The van der Waals surface area contributed by atoms with Gasteiger partial charge in [-0.15, -0.1) is 0 Å². The summed E-state index contributed by atoms with van der Waals surface area (Å²) in [6.07, 6.45) is -2.59. The summed E-state index contributed by atoms with van der Waals surface area (Å²) in [5.41, 5.74) is 6.62. The predicted octanol–water partition coefficient (Wildman–Crippen LogP) is -2.00. The topological polar surface area (TPSA) is 166 Å². The van der Waals surface area contributed by atoms with Gasteiger partial charge in [-0.3, -0.25) is 0 Å². The van der Waals surface area contributed by atoms with E-state index in [2.05, 4.69) is 14.3 Å². The number of hydrogen-bond donors (Lipinski definition) is 4. The first-order chi connectivity index (χ1) is 9.13. The minimum Gasteiger partial charge on any atom is -0.412 e. The average Bonchev–Trinajstić information content (AvgIpc) is 2.94. The van der Waals surface area contributed by atoms with Crippen LogP contribution in [0.5, 0.6) is 0 Å². The molecular formula is C10H14N4O5S. The van der Waals surface area contributed by atoms with E-state index in [1.54, 1.807) is 0 Å². The van der Waals surface area contributed by atoms with E-state index in [0.717, 1.165) is 11.5 Å². The maximum atomic E-state index is 9.98. The van der Waals surface area contributed by atoms with Gasteiger partial charge in [0.05, 0.1) is 11.5 Å². The molecule has 0 amide bonds. The standard InChI is InChI=1S/C10H12N4O4S.H2O/c11-10-5-4(12-2-13-10)9(19-14-5)8-7(17)6(16)3(1-15)18-8;/h2-3,6-8,15-17H,1H2,(H2,11,12,13);1H2/t3-,6-,7-,8-;/m1./s1. The number of anilines is 1. The molecule has 0 aromatic carbocycles. The molecule has 7 N–H and O–H groups in total. The molecular weight excluding hydrogens is 288 g/mol. The van der Waals surface area contributed by atoms with Crippen molar-refractivity contribution in [3.63, 3.8) is 0 Å².